The Labute approximate surface area is 211 Å². The van der Waals surface area contributed by atoms with Crippen molar-refractivity contribution in [1.29, 1.82) is 0 Å². The Bertz CT molecular complexity index is 1120. The van der Waals surface area contributed by atoms with Crippen molar-refractivity contribution in [2.45, 2.75) is 47.0 Å². The van der Waals surface area contributed by atoms with Crippen molar-refractivity contribution in [2.24, 2.45) is 23.3 Å². The molecule has 1 unspecified atom stereocenters. The van der Waals surface area contributed by atoms with Crippen LogP contribution in [0.2, 0.25) is 0 Å². The number of benzene rings is 1. The first kappa shape index (κ1) is 30.2. The van der Waals surface area contributed by atoms with Crippen LogP contribution in [0.5, 0.6) is 0 Å². The van der Waals surface area contributed by atoms with Crippen molar-refractivity contribution in [3.63, 3.8) is 0 Å². The minimum absolute atomic E-state index is 0.0301. The summed E-state index contributed by atoms with van der Waals surface area (Å²) >= 11 is 0. The summed E-state index contributed by atoms with van der Waals surface area (Å²) < 4.78 is 28.0. The quantitative estimate of drug-likeness (QED) is 0.439. The lowest BCUT2D eigenvalue weighted by Crippen LogP contribution is -2.38. The van der Waals surface area contributed by atoms with Crippen LogP contribution >= 0.6 is 0 Å². The summed E-state index contributed by atoms with van der Waals surface area (Å²) in [6.07, 6.45) is 11.7. The number of aromatic amines is 2. The Balaban J connectivity index is 0.000000982. The van der Waals surface area contributed by atoms with E-state index in [1.165, 1.54) is 18.2 Å². The van der Waals surface area contributed by atoms with Gasteiger partial charge in [-0.2, -0.15) is 0 Å². The Morgan fingerprint density at radius 3 is 2.31 bits per heavy atom. The molecule has 1 aliphatic carbocycles. The van der Waals surface area contributed by atoms with E-state index in [-0.39, 0.29) is 34.3 Å². The summed E-state index contributed by atoms with van der Waals surface area (Å²) in [5.74, 6) is -1.07. The highest BCUT2D eigenvalue weighted by Gasteiger charge is 2.26. The average Bonchev–Trinajstić information content (AvgIpc) is 3.26. The number of hydrogen-bond donors (Lipinski definition) is 4. The number of terminal acetylenes is 1. The van der Waals surface area contributed by atoms with E-state index >= 15 is 0 Å². The highest BCUT2D eigenvalue weighted by Crippen LogP contribution is 2.30. The lowest BCUT2D eigenvalue weighted by molar-refractivity contribution is 0.0735. The number of allylic oxidation sites excluding steroid dienone is 2. The van der Waals surface area contributed by atoms with Gasteiger partial charge in [0.15, 0.2) is 0 Å². The van der Waals surface area contributed by atoms with Gasteiger partial charge in [-0.1, -0.05) is 26.8 Å². The van der Waals surface area contributed by atoms with E-state index < -0.39 is 11.6 Å². The molecule has 0 saturated heterocycles. The fraction of sp³-hybridized carbons (Fsp3) is 0.407. The fourth-order valence-electron chi connectivity index (χ4n) is 3.72. The summed E-state index contributed by atoms with van der Waals surface area (Å²) in [6.45, 7) is 9.13. The average molecular weight is 502 g/mol. The molecule has 1 aliphatic rings. The van der Waals surface area contributed by atoms with Crippen molar-refractivity contribution in [3.05, 3.63) is 74.9 Å². The van der Waals surface area contributed by atoms with E-state index in [1.54, 1.807) is 4.90 Å². The molecular weight excluding hydrogens is 464 g/mol. The van der Waals surface area contributed by atoms with Gasteiger partial charge in [-0.05, 0) is 55.9 Å². The van der Waals surface area contributed by atoms with Crippen LogP contribution in [0.4, 0.5) is 8.78 Å². The molecule has 1 aromatic heterocycles. The number of nitrogens with zero attached hydrogens (tertiary/aromatic N) is 1. The van der Waals surface area contributed by atoms with Crippen molar-refractivity contribution in [3.8, 4) is 12.8 Å². The van der Waals surface area contributed by atoms with Gasteiger partial charge in [0.2, 0.25) is 0 Å². The molecule has 0 spiro atoms. The predicted octanol–water partition coefficient (Wildman–Crippen LogP) is 4.37. The van der Waals surface area contributed by atoms with Crippen LogP contribution < -0.4 is 17.0 Å². The number of carbonyl (C=O) groups is 1. The minimum Gasteiger partial charge on any atom is -0.402 e. The summed E-state index contributed by atoms with van der Waals surface area (Å²) in [7, 11) is 0. The lowest BCUT2D eigenvalue weighted by Gasteiger charge is -2.30. The van der Waals surface area contributed by atoms with Crippen molar-refractivity contribution in [2.75, 3.05) is 13.1 Å². The van der Waals surface area contributed by atoms with Gasteiger partial charge in [0, 0.05) is 36.5 Å². The molecule has 36 heavy (non-hydrogen) atoms. The summed E-state index contributed by atoms with van der Waals surface area (Å²) in [5, 5.41) is 4.91. The molecule has 1 heterocycles. The highest BCUT2D eigenvalue weighted by molar-refractivity contribution is 5.92. The van der Waals surface area contributed by atoms with Gasteiger partial charge in [-0.15, -0.1) is 12.8 Å². The third kappa shape index (κ3) is 8.45. The maximum absolute atomic E-state index is 14.0. The third-order valence-electron chi connectivity index (χ3n) is 5.33. The minimum atomic E-state index is -0.737. The number of H-pyrrole nitrogens is 2. The molecular formula is C27H37F2N5O2. The third-order valence-corrected chi connectivity index (χ3v) is 5.33. The Hall–Kier alpha value is -3.80. The van der Waals surface area contributed by atoms with Crippen LogP contribution in [-0.2, 0) is 0 Å². The van der Waals surface area contributed by atoms with Gasteiger partial charge in [-0.3, -0.25) is 19.8 Å². The van der Waals surface area contributed by atoms with E-state index in [4.69, 9.17) is 11.5 Å². The Morgan fingerprint density at radius 1 is 1.22 bits per heavy atom. The number of carbonyl (C=O) groups excluding carboxylic acids is 1. The second-order valence-electron chi connectivity index (χ2n) is 9.01. The first-order valence-electron chi connectivity index (χ1n) is 11.8. The van der Waals surface area contributed by atoms with Crippen LogP contribution in [0.25, 0.3) is 5.70 Å². The normalized spacial score (nSPS) is 15.5. The number of halogens is 2. The summed E-state index contributed by atoms with van der Waals surface area (Å²) in [6, 6.07) is 4.79. The number of nitrogens with two attached hydrogens (primary N) is 2. The zero-order valence-electron chi connectivity index (χ0n) is 21.4. The van der Waals surface area contributed by atoms with Crippen LogP contribution in [0.1, 0.15) is 63.0 Å². The molecule has 1 amide bonds. The number of nitrogens with one attached hydrogen (secondary N) is 2. The Morgan fingerprint density at radius 2 is 1.81 bits per heavy atom. The van der Waals surface area contributed by atoms with Crippen molar-refractivity contribution < 1.29 is 13.6 Å². The van der Waals surface area contributed by atoms with Crippen LogP contribution in [0, 0.1) is 36.3 Å². The second kappa shape index (κ2) is 14.6. The van der Waals surface area contributed by atoms with E-state index in [0.717, 1.165) is 30.9 Å². The molecule has 196 valence electrons. The Kier molecular flexibility index (Phi) is 12.2. The van der Waals surface area contributed by atoms with Crippen LogP contribution in [0.15, 0.2) is 46.4 Å². The maximum atomic E-state index is 14.0. The molecule has 9 heteroatoms. The second-order valence-corrected chi connectivity index (χ2v) is 9.01. The maximum Gasteiger partial charge on any atom is 0.271 e. The smallest absolute Gasteiger partial charge is 0.271 e. The molecule has 1 aromatic carbocycles. The standard InChI is InChI=1S/C21H25F2N5O2.C4H10.C2H2/c1-2-28(21(30)17-10-18(29)27-26-17)11-13-6-3-5-12(20(13)25)9-16(24)19-14(22)7-4-8-15(19)23;1-4(2)3;1-2/h4,7-10,13H,2-3,5-6,11,24-25H2,1H3,(H2,26,27,29);4H,1-3H3;1-2H/b16-9-;;. The van der Waals surface area contributed by atoms with Gasteiger partial charge in [0.1, 0.15) is 17.3 Å². The van der Waals surface area contributed by atoms with E-state index in [0.29, 0.717) is 30.8 Å². The zero-order chi connectivity index (χ0) is 27.4. The highest BCUT2D eigenvalue weighted by atomic mass is 19.1. The molecule has 2 aromatic rings. The first-order valence-corrected chi connectivity index (χ1v) is 11.8. The number of hydrogen-bond acceptors (Lipinski definition) is 4. The van der Waals surface area contributed by atoms with Crippen molar-refractivity contribution >= 4 is 11.6 Å². The molecule has 0 aliphatic heterocycles. The van der Waals surface area contributed by atoms with E-state index in [9.17, 15) is 18.4 Å². The molecule has 6 N–H and O–H groups in total. The molecule has 0 saturated carbocycles. The zero-order valence-corrected chi connectivity index (χ0v) is 21.4. The molecule has 1 atom stereocenters. The largest absolute Gasteiger partial charge is 0.402 e. The topological polar surface area (TPSA) is 121 Å². The number of rotatable bonds is 6. The predicted molar refractivity (Wildman–Crippen MR) is 140 cm³/mol. The van der Waals surface area contributed by atoms with Crippen LogP contribution in [0.3, 0.4) is 0 Å². The lowest BCUT2D eigenvalue weighted by atomic mass is 9.86. The van der Waals surface area contributed by atoms with Gasteiger partial charge >= 0.3 is 0 Å². The monoisotopic (exact) mass is 501 g/mol. The van der Waals surface area contributed by atoms with Gasteiger partial charge in [0.05, 0.1) is 5.56 Å². The van der Waals surface area contributed by atoms with E-state index in [2.05, 4.69) is 43.8 Å². The molecule has 0 bridgehead atoms. The fourth-order valence-corrected chi connectivity index (χ4v) is 3.72. The summed E-state index contributed by atoms with van der Waals surface area (Å²) in [5.41, 5.74) is 13.1. The number of aromatic nitrogens is 2. The van der Waals surface area contributed by atoms with Crippen molar-refractivity contribution in [1.82, 2.24) is 15.1 Å². The van der Waals surface area contributed by atoms with Gasteiger partial charge < -0.3 is 16.4 Å². The number of amides is 1. The molecule has 3 rings (SSSR count). The summed E-state index contributed by atoms with van der Waals surface area (Å²) in [4.78, 5) is 25.6. The van der Waals surface area contributed by atoms with Crippen LogP contribution in [-0.4, -0.2) is 34.1 Å². The van der Waals surface area contributed by atoms with Gasteiger partial charge in [0.25, 0.3) is 11.5 Å². The first-order chi connectivity index (χ1) is 17.0. The molecule has 0 fully saturated rings. The van der Waals surface area contributed by atoms with E-state index in [1.807, 2.05) is 6.92 Å². The van der Waals surface area contributed by atoms with Gasteiger partial charge in [-0.25, -0.2) is 8.78 Å². The molecule has 0 radical (unpaired) electrons. The SMILES string of the molecule is C#C.CC(C)C.CCN(CC1CCCC(/C=C(\N)c2c(F)cccc2F)=C1N)C(=O)c1cc(=O)[nH][nH]1. The molecule has 7 nitrogen and oxygen atoms in total.